The lowest BCUT2D eigenvalue weighted by molar-refractivity contribution is -0.138. The number of carbonyl (C=O) groups is 3. The predicted molar refractivity (Wildman–Crippen MR) is 138 cm³/mol. The summed E-state index contributed by atoms with van der Waals surface area (Å²) in [5, 5.41) is 14.6. The Morgan fingerprint density at radius 1 is 0.941 bits per heavy atom. The first-order chi connectivity index (χ1) is 16.5. The molecule has 34 heavy (non-hydrogen) atoms. The van der Waals surface area contributed by atoms with Crippen molar-refractivity contribution in [2.24, 2.45) is 0 Å². The van der Waals surface area contributed by atoms with Gasteiger partial charge in [-0.1, -0.05) is 88.6 Å². The lowest BCUT2D eigenvalue weighted by Gasteiger charge is -2.14. The van der Waals surface area contributed by atoms with Gasteiger partial charge in [-0.3, -0.25) is 4.79 Å². The number of nitrogens with one attached hydrogen (secondary N) is 2. The molecule has 0 saturated heterocycles. The third-order valence-corrected chi connectivity index (χ3v) is 6.53. The molecular weight excluding hydrogens is 452 g/mol. The minimum Gasteiger partial charge on any atom is -0.480 e. The molecule has 1 unspecified atom stereocenters. The summed E-state index contributed by atoms with van der Waals surface area (Å²) < 4.78 is 5.08. The van der Waals surface area contributed by atoms with Gasteiger partial charge in [-0.2, -0.15) is 11.8 Å². The summed E-state index contributed by atoms with van der Waals surface area (Å²) in [5.41, 5.74) is 0.832. The van der Waals surface area contributed by atoms with Crippen LogP contribution >= 0.6 is 11.8 Å². The van der Waals surface area contributed by atoms with Crippen LogP contribution < -0.4 is 10.6 Å². The van der Waals surface area contributed by atoms with E-state index in [-0.39, 0.29) is 18.3 Å². The van der Waals surface area contributed by atoms with Crippen LogP contribution in [-0.4, -0.2) is 47.2 Å². The van der Waals surface area contributed by atoms with Gasteiger partial charge >= 0.3 is 12.1 Å². The number of carbonyl (C=O) groups excluding carboxylic acids is 2. The van der Waals surface area contributed by atoms with Crippen molar-refractivity contribution >= 4 is 29.7 Å². The van der Waals surface area contributed by atoms with E-state index in [9.17, 15) is 19.5 Å². The van der Waals surface area contributed by atoms with E-state index in [4.69, 9.17) is 4.74 Å². The standard InChI is InChI=1S/C26H42N2O5S/c1-2-3-4-5-6-7-8-9-13-17-24(29)27-18-14-19-34-21-23(25(30)31)28-26(32)33-20-22-15-11-10-12-16-22/h10-12,15-16,23H,2-9,13-14,17-21H2,1H3,(H,27,29)(H,28,32)(H,30,31). The zero-order valence-corrected chi connectivity index (χ0v) is 21.4. The number of ether oxygens (including phenoxy) is 1. The van der Waals surface area contributed by atoms with Crippen LogP contribution in [0.15, 0.2) is 30.3 Å². The van der Waals surface area contributed by atoms with Gasteiger partial charge in [0, 0.05) is 18.7 Å². The van der Waals surface area contributed by atoms with Crippen LogP contribution in [0.1, 0.15) is 83.1 Å². The molecular formula is C26H42N2O5S. The first kappa shape index (κ1) is 29.8. The lowest BCUT2D eigenvalue weighted by atomic mass is 10.1. The normalized spacial score (nSPS) is 11.6. The van der Waals surface area contributed by atoms with Crippen LogP contribution in [0.3, 0.4) is 0 Å². The number of aliphatic carboxylic acids is 1. The van der Waals surface area contributed by atoms with Gasteiger partial charge in [0.2, 0.25) is 5.91 Å². The highest BCUT2D eigenvalue weighted by Crippen LogP contribution is 2.11. The van der Waals surface area contributed by atoms with Crippen molar-refractivity contribution in [2.45, 2.75) is 90.2 Å². The number of thioether (sulfide) groups is 1. The monoisotopic (exact) mass is 494 g/mol. The number of carboxylic acid groups (broad SMARTS) is 1. The fraction of sp³-hybridized carbons (Fsp3) is 0.654. The molecule has 0 aliphatic carbocycles. The Kier molecular flexibility index (Phi) is 17.7. The second kappa shape index (κ2) is 20.2. The molecule has 0 radical (unpaired) electrons. The van der Waals surface area contributed by atoms with Gasteiger partial charge in [0.25, 0.3) is 0 Å². The van der Waals surface area contributed by atoms with Crippen molar-refractivity contribution in [3.63, 3.8) is 0 Å². The van der Waals surface area contributed by atoms with Crippen molar-refractivity contribution in [1.29, 1.82) is 0 Å². The Morgan fingerprint density at radius 2 is 1.59 bits per heavy atom. The van der Waals surface area contributed by atoms with Crippen molar-refractivity contribution in [2.75, 3.05) is 18.1 Å². The van der Waals surface area contributed by atoms with Gasteiger partial charge in [0.1, 0.15) is 12.6 Å². The van der Waals surface area contributed by atoms with E-state index in [0.717, 1.165) is 24.8 Å². The molecule has 1 aromatic rings. The first-order valence-corrected chi connectivity index (χ1v) is 13.7. The van der Waals surface area contributed by atoms with Crippen molar-refractivity contribution < 1.29 is 24.2 Å². The third kappa shape index (κ3) is 16.4. The number of rotatable bonds is 20. The highest BCUT2D eigenvalue weighted by Gasteiger charge is 2.20. The molecule has 192 valence electrons. The quantitative estimate of drug-likeness (QED) is 0.206. The van der Waals surface area contributed by atoms with E-state index in [1.165, 1.54) is 56.7 Å². The molecule has 0 saturated carbocycles. The number of hydrogen-bond donors (Lipinski definition) is 3. The second-order valence-corrected chi connectivity index (χ2v) is 9.60. The highest BCUT2D eigenvalue weighted by molar-refractivity contribution is 7.99. The summed E-state index contributed by atoms with van der Waals surface area (Å²) in [6.45, 7) is 2.89. The second-order valence-electron chi connectivity index (χ2n) is 8.45. The number of carboxylic acids is 1. The molecule has 0 heterocycles. The molecule has 8 heteroatoms. The molecule has 2 amide bonds. The van der Waals surface area contributed by atoms with Gasteiger partial charge in [-0.05, 0) is 24.2 Å². The van der Waals surface area contributed by atoms with Crippen molar-refractivity contribution in [3.05, 3.63) is 35.9 Å². The Hall–Kier alpha value is -2.22. The molecule has 7 nitrogen and oxygen atoms in total. The van der Waals surface area contributed by atoms with E-state index >= 15 is 0 Å². The molecule has 0 aromatic heterocycles. The predicted octanol–water partition coefficient (Wildman–Crippen LogP) is 5.53. The number of unbranched alkanes of at least 4 members (excludes halogenated alkanes) is 8. The molecule has 0 spiro atoms. The molecule has 3 N–H and O–H groups in total. The van der Waals surface area contributed by atoms with Gasteiger partial charge < -0.3 is 20.5 Å². The van der Waals surface area contributed by atoms with E-state index in [1.807, 2.05) is 30.3 Å². The summed E-state index contributed by atoms with van der Waals surface area (Å²) in [5.74, 6) is -0.0806. The summed E-state index contributed by atoms with van der Waals surface area (Å²) in [6, 6.07) is 8.18. The fourth-order valence-electron chi connectivity index (χ4n) is 3.37. The van der Waals surface area contributed by atoms with Crippen LogP contribution in [0.4, 0.5) is 4.79 Å². The first-order valence-electron chi connectivity index (χ1n) is 12.6. The molecule has 1 atom stereocenters. The molecule has 1 rings (SSSR count). The van der Waals surface area contributed by atoms with Crippen LogP contribution in [0, 0.1) is 0 Å². The topological polar surface area (TPSA) is 105 Å². The largest absolute Gasteiger partial charge is 0.480 e. The van der Waals surface area contributed by atoms with Crippen LogP contribution in [-0.2, 0) is 20.9 Å². The van der Waals surface area contributed by atoms with Gasteiger partial charge in [0.05, 0.1) is 0 Å². The zero-order chi connectivity index (χ0) is 24.9. The Morgan fingerprint density at radius 3 is 2.24 bits per heavy atom. The average molecular weight is 495 g/mol. The lowest BCUT2D eigenvalue weighted by Crippen LogP contribution is -2.42. The minimum atomic E-state index is -1.10. The van der Waals surface area contributed by atoms with Crippen molar-refractivity contribution in [3.8, 4) is 0 Å². The molecule has 1 aromatic carbocycles. The SMILES string of the molecule is CCCCCCCCCCCC(=O)NCCCSCC(NC(=O)OCc1ccccc1)C(=O)O. The van der Waals surface area contributed by atoms with Crippen molar-refractivity contribution in [1.82, 2.24) is 10.6 Å². The maximum atomic E-state index is 11.9. The maximum Gasteiger partial charge on any atom is 0.408 e. The molecule has 0 aliphatic heterocycles. The summed E-state index contributed by atoms with van der Waals surface area (Å²) in [7, 11) is 0. The van der Waals surface area contributed by atoms with E-state index in [2.05, 4.69) is 17.6 Å². The number of hydrogen-bond acceptors (Lipinski definition) is 5. The third-order valence-electron chi connectivity index (χ3n) is 5.38. The van der Waals surface area contributed by atoms with Gasteiger partial charge in [0.15, 0.2) is 0 Å². The summed E-state index contributed by atoms with van der Waals surface area (Å²) in [6.07, 6.45) is 11.7. The Balaban J connectivity index is 2.02. The van der Waals surface area contributed by atoms with Crippen LogP contribution in [0.2, 0.25) is 0 Å². The van der Waals surface area contributed by atoms with E-state index in [1.54, 1.807) is 0 Å². The number of alkyl carbamates (subject to hydrolysis) is 1. The van der Waals surface area contributed by atoms with Gasteiger partial charge in [-0.15, -0.1) is 0 Å². The van der Waals surface area contributed by atoms with Crippen LogP contribution in [0.25, 0.3) is 0 Å². The smallest absolute Gasteiger partial charge is 0.408 e. The molecule has 0 fully saturated rings. The van der Waals surface area contributed by atoms with E-state index < -0.39 is 18.1 Å². The fourth-order valence-corrected chi connectivity index (χ4v) is 4.35. The number of benzene rings is 1. The molecule has 0 bridgehead atoms. The number of amides is 2. The summed E-state index contributed by atoms with van der Waals surface area (Å²) >= 11 is 1.43. The Labute approximate surface area is 208 Å². The highest BCUT2D eigenvalue weighted by atomic mass is 32.2. The van der Waals surface area contributed by atoms with Gasteiger partial charge in [-0.25, -0.2) is 9.59 Å². The Bertz CT molecular complexity index is 687. The zero-order valence-electron chi connectivity index (χ0n) is 20.6. The van der Waals surface area contributed by atoms with Crippen LogP contribution in [0.5, 0.6) is 0 Å². The minimum absolute atomic E-state index is 0.0826. The molecule has 0 aliphatic rings. The van der Waals surface area contributed by atoms with E-state index in [0.29, 0.717) is 18.7 Å². The average Bonchev–Trinajstić information content (AvgIpc) is 2.83. The summed E-state index contributed by atoms with van der Waals surface area (Å²) in [4.78, 5) is 35.2. The maximum absolute atomic E-state index is 11.9.